The maximum atomic E-state index is 12.0. The van der Waals surface area contributed by atoms with Crippen molar-refractivity contribution >= 4 is 11.8 Å². The van der Waals surface area contributed by atoms with Gasteiger partial charge in [-0.1, -0.05) is 12.1 Å². The van der Waals surface area contributed by atoms with E-state index in [2.05, 4.69) is 9.97 Å². The van der Waals surface area contributed by atoms with Crippen LogP contribution in [0.4, 0.5) is 5.82 Å². The van der Waals surface area contributed by atoms with E-state index in [4.69, 9.17) is 4.74 Å². The summed E-state index contributed by atoms with van der Waals surface area (Å²) in [5.41, 5.74) is 0.445. The molecule has 2 atom stereocenters. The van der Waals surface area contributed by atoms with E-state index in [0.717, 1.165) is 12.1 Å². The van der Waals surface area contributed by atoms with Crippen LogP contribution in [0.25, 0.3) is 11.4 Å². The van der Waals surface area contributed by atoms with Crippen molar-refractivity contribution in [2.24, 2.45) is 11.3 Å². The molecule has 3 heterocycles. The first-order valence-electron chi connectivity index (χ1n) is 8.70. The molecule has 1 aromatic heterocycles. The van der Waals surface area contributed by atoms with Gasteiger partial charge in [0.2, 0.25) is 0 Å². The number of anilines is 1. The third-order valence-electron chi connectivity index (χ3n) is 5.40. The van der Waals surface area contributed by atoms with Crippen LogP contribution in [-0.2, 0) is 9.53 Å². The SMILES string of the molecule is Cc1cc(N2C[C@@H]3CCOC[C@]3(C(=O)O)C2)nc(-c2ccccc2O)n1. The maximum Gasteiger partial charge on any atom is 0.314 e. The lowest BCUT2D eigenvalue weighted by Crippen LogP contribution is -2.46. The van der Waals surface area contributed by atoms with Gasteiger partial charge < -0.3 is 19.8 Å². The average Bonchev–Trinajstić information content (AvgIpc) is 3.03. The Morgan fingerprint density at radius 2 is 2.15 bits per heavy atom. The van der Waals surface area contributed by atoms with Gasteiger partial charge in [-0.05, 0) is 31.4 Å². The highest BCUT2D eigenvalue weighted by atomic mass is 16.5. The van der Waals surface area contributed by atoms with Crippen LogP contribution in [0.3, 0.4) is 0 Å². The molecule has 136 valence electrons. The number of phenolic OH excluding ortho intramolecular Hbond substituents is 1. The van der Waals surface area contributed by atoms with E-state index < -0.39 is 11.4 Å². The zero-order valence-corrected chi connectivity index (χ0v) is 14.6. The van der Waals surface area contributed by atoms with Crippen LogP contribution < -0.4 is 4.90 Å². The van der Waals surface area contributed by atoms with Crippen LogP contribution in [-0.4, -0.2) is 52.5 Å². The molecule has 2 fully saturated rings. The predicted octanol–water partition coefficient (Wildman–Crippen LogP) is 2.09. The first-order valence-corrected chi connectivity index (χ1v) is 8.70. The molecule has 0 bridgehead atoms. The van der Waals surface area contributed by atoms with Crippen LogP contribution >= 0.6 is 0 Å². The predicted molar refractivity (Wildman–Crippen MR) is 95.1 cm³/mol. The molecular weight excluding hydrogens is 334 g/mol. The van der Waals surface area contributed by atoms with E-state index in [9.17, 15) is 15.0 Å². The van der Waals surface area contributed by atoms with Gasteiger partial charge in [-0.25, -0.2) is 9.97 Å². The lowest BCUT2D eigenvalue weighted by molar-refractivity contribution is -0.159. The van der Waals surface area contributed by atoms with E-state index in [1.165, 1.54) is 0 Å². The van der Waals surface area contributed by atoms with Crippen molar-refractivity contribution in [3.8, 4) is 17.1 Å². The fourth-order valence-electron chi connectivity index (χ4n) is 3.96. The second-order valence-corrected chi connectivity index (χ2v) is 7.09. The molecule has 2 aromatic rings. The molecule has 0 unspecified atom stereocenters. The number of aromatic hydroxyl groups is 1. The minimum absolute atomic E-state index is 0.0394. The number of phenols is 1. The topological polar surface area (TPSA) is 95.8 Å². The molecule has 2 aliphatic rings. The molecule has 7 heteroatoms. The van der Waals surface area contributed by atoms with E-state index in [1.807, 2.05) is 24.0 Å². The normalized spacial score (nSPS) is 25.1. The Bertz CT molecular complexity index is 856. The van der Waals surface area contributed by atoms with Gasteiger partial charge in [0.15, 0.2) is 5.82 Å². The summed E-state index contributed by atoms with van der Waals surface area (Å²) in [6.45, 7) is 3.70. The van der Waals surface area contributed by atoms with Crippen LogP contribution in [0.15, 0.2) is 30.3 Å². The van der Waals surface area contributed by atoms with Crippen LogP contribution in [0.1, 0.15) is 12.1 Å². The number of aromatic nitrogens is 2. The zero-order chi connectivity index (χ0) is 18.3. The summed E-state index contributed by atoms with van der Waals surface area (Å²) in [6, 6.07) is 8.79. The monoisotopic (exact) mass is 355 g/mol. The molecule has 2 N–H and O–H groups in total. The van der Waals surface area contributed by atoms with Crippen molar-refractivity contribution in [1.82, 2.24) is 9.97 Å². The summed E-state index contributed by atoms with van der Waals surface area (Å²) in [4.78, 5) is 23.0. The Morgan fingerprint density at radius 1 is 1.35 bits per heavy atom. The number of para-hydroxylation sites is 1. The summed E-state index contributed by atoms with van der Waals surface area (Å²) in [5.74, 6) is 0.475. The van der Waals surface area contributed by atoms with Crippen LogP contribution in [0.5, 0.6) is 5.75 Å². The largest absolute Gasteiger partial charge is 0.507 e. The van der Waals surface area contributed by atoms with Gasteiger partial charge in [-0.2, -0.15) is 0 Å². The highest BCUT2D eigenvalue weighted by Gasteiger charge is 2.54. The number of benzene rings is 1. The van der Waals surface area contributed by atoms with Crippen molar-refractivity contribution in [2.45, 2.75) is 13.3 Å². The summed E-state index contributed by atoms with van der Waals surface area (Å²) >= 11 is 0. The number of carboxylic acids is 1. The Balaban J connectivity index is 1.71. The highest BCUT2D eigenvalue weighted by Crippen LogP contribution is 2.43. The number of fused-ring (bicyclic) bond motifs is 1. The van der Waals surface area contributed by atoms with Gasteiger partial charge in [-0.15, -0.1) is 0 Å². The molecule has 7 nitrogen and oxygen atoms in total. The first-order chi connectivity index (χ1) is 12.5. The number of ether oxygens (including phenoxy) is 1. The molecule has 0 radical (unpaired) electrons. The van der Waals surface area contributed by atoms with E-state index >= 15 is 0 Å². The molecule has 1 aromatic carbocycles. The summed E-state index contributed by atoms with van der Waals surface area (Å²) < 4.78 is 5.49. The third kappa shape index (κ3) is 2.68. The number of aliphatic carboxylic acids is 1. The molecule has 0 spiro atoms. The first kappa shape index (κ1) is 16.8. The fourth-order valence-corrected chi connectivity index (χ4v) is 3.96. The molecule has 26 heavy (non-hydrogen) atoms. The van der Waals surface area contributed by atoms with Crippen molar-refractivity contribution in [3.63, 3.8) is 0 Å². The summed E-state index contributed by atoms with van der Waals surface area (Å²) in [6.07, 6.45) is 0.735. The quantitative estimate of drug-likeness (QED) is 0.870. The molecule has 4 rings (SSSR count). The minimum atomic E-state index is -0.883. The second-order valence-electron chi connectivity index (χ2n) is 7.09. The summed E-state index contributed by atoms with van der Waals surface area (Å²) in [7, 11) is 0. The Kier molecular flexibility index (Phi) is 4.03. The van der Waals surface area contributed by atoms with Gasteiger partial charge in [0.1, 0.15) is 17.0 Å². The number of carbonyl (C=O) groups is 1. The highest BCUT2D eigenvalue weighted by molar-refractivity contribution is 5.78. The van der Waals surface area contributed by atoms with Crippen molar-refractivity contribution < 1.29 is 19.7 Å². The lowest BCUT2D eigenvalue weighted by atomic mass is 9.76. The smallest absolute Gasteiger partial charge is 0.314 e. The van der Waals surface area contributed by atoms with Crippen molar-refractivity contribution in [1.29, 1.82) is 0 Å². The fraction of sp³-hybridized carbons (Fsp3) is 0.421. The van der Waals surface area contributed by atoms with Gasteiger partial charge >= 0.3 is 5.97 Å². The van der Waals surface area contributed by atoms with Gasteiger partial charge in [0, 0.05) is 31.5 Å². The van der Waals surface area contributed by atoms with Crippen molar-refractivity contribution in [2.75, 3.05) is 31.2 Å². The van der Waals surface area contributed by atoms with Crippen molar-refractivity contribution in [3.05, 3.63) is 36.0 Å². The molecule has 0 amide bonds. The molecule has 0 aliphatic carbocycles. The number of hydrogen-bond acceptors (Lipinski definition) is 6. The Labute approximate surface area is 151 Å². The van der Waals surface area contributed by atoms with Crippen LogP contribution in [0, 0.1) is 18.3 Å². The van der Waals surface area contributed by atoms with Gasteiger partial charge in [0.25, 0.3) is 0 Å². The second kappa shape index (κ2) is 6.25. The zero-order valence-electron chi connectivity index (χ0n) is 14.6. The van der Waals surface area contributed by atoms with E-state index in [1.54, 1.807) is 18.2 Å². The van der Waals surface area contributed by atoms with Gasteiger partial charge in [-0.3, -0.25) is 4.79 Å². The summed E-state index contributed by atoms with van der Waals surface area (Å²) in [5, 5.41) is 19.9. The Morgan fingerprint density at radius 3 is 2.88 bits per heavy atom. The van der Waals surface area contributed by atoms with Crippen LogP contribution in [0.2, 0.25) is 0 Å². The molecule has 2 aliphatic heterocycles. The van der Waals surface area contributed by atoms with E-state index in [-0.39, 0.29) is 18.3 Å². The van der Waals surface area contributed by atoms with Gasteiger partial charge in [0.05, 0.1) is 12.2 Å². The molecule has 2 saturated heterocycles. The standard InChI is InChI=1S/C19H21N3O4/c1-12-8-16(21-17(20-12)14-4-2-3-5-15(14)23)22-9-13-6-7-26-11-19(13,10-22)18(24)25/h2-5,8,13,23H,6-7,9-11H2,1H3,(H,24,25)/t13-,19+/m0/s1. The minimum Gasteiger partial charge on any atom is -0.507 e. The maximum absolute atomic E-state index is 12.0. The average molecular weight is 355 g/mol. The number of aryl methyl sites for hydroxylation is 1. The van der Waals surface area contributed by atoms with E-state index in [0.29, 0.717) is 36.9 Å². The molecule has 0 saturated carbocycles. The lowest BCUT2D eigenvalue weighted by Gasteiger charge is -2.33. The number of hydrogen-bond donors (Lipinski definition) is 2. The molecular formula is C19H21N3O4. The number of carboxylic acid groups (broad SMARTS) is 1. The number of nitrogens with zero attached hydrogens (tertiary/aromatic N) is 3. The number of rotatable bonds is 3. The third-order valence-corrected chi connectivity index (χ3v) is 5.40. The Hall–Kier alpha value is -2.67.